The van der Waals surface area contributed by atoms with Crippen LogP contribution in [0.4, 0.5) is 0 Å². The van der Waals surface area contributed by atoms with Crippen molar-refractivity contribution in [2.45, 2.75) is 52.0 Å². The van der Waals surface area contributed by atoms with E-state index in [0.717, 1.165) is 19.0 Å². The highest BCUT2D eigenvalue weighted by molar-refractivity contribution is 5.19. The average Bonchev–Trinajstić information content (AvgIpc) is 2.52. The van der Waals surface area contributed by atoms with Gasteiger partial charge >= 0.3 is 0 Å². The molecule has 0 saturated carbocycles. The maximum absolute atomic E-state index is 3.65. The van der Waals surface area contributed by atoms with E-state index in [1.54, 1.807) is 0 Å². The van der Waals surface area contributed by atoms with Gasteiger partial charge in [0.25, 0.3) is 0 Å². The minimum atomic E-state index is 0.515. The Kier molecular flexibility index (Phi) is 7.25. The predicted molar refractivity (Wildman–Crippen MR) is 91.5 cm³/mol. The van der Waals surface area contributed by atoms with Gasteiger partial charge in [-0.15, -0.1) is 0 Å². The van der Waals surface area contributed by atoms with Gasteiger partial charge in [-0.3, -0.25) is 0 Å². The molecule has 0 bridgehead atoms. The first kappa shape index (κ1) is 16.5. The van der Waals surface area contributed by atoms with Crippen LogP contribution in [0.15, 0.2) is 30.3 Å². The van der Waals surface area contributed by atoms with Gasteiger partial charge in [-0.25, -0.2) is 0 Å². The molecule has 1 aromatic rings. The number of benzene rings is 1. The quantitative estimate of drug-likeness (QED) is 0.720. The van der Waals surface area contributed by atoms with Gasteiger partial charge < -0.3 is 10.2 Å². The Bertz CT molecular complexity index is 374. The summed E-state index contributed by atoms with van der Waals surface area (Å²) in [6.45, 7) is 9.40. The molecule has 2 nitrogen and oxygen atoms in total. The molecule has 2 rings (SSSR count). The molecule has 1 saturated heterocycles. The van der Waals surface area contributed by atoms with Crippen molar-refractivity contribution in [1.29, 1.82) is 0 Å². The SMILES string of the molecule is CC(C)CCCCCCN1CCNC(c2ccccc2)C1. The van der Waals surface area contributed by atoms with E-state index in [1.807, 2.05) is 0 Å². The maximum atomic E-state index is 3.65. The van der Waals surface area contributed by atoms with E-state index in [0.29, 0.717) is 6.04 Å². The second kappa shape index (κ2) is 9.22. The van der Waals surface area contributed by atoms with Crippen LogP contribution in [-0.4, -0.2) is 31.1 Å². The first-order valence-electron chi connectivity index (χ1n) is 8.76. The molecule has 1 atom stereocenters. The van der Waals surface area contributed by atoms with E-state index < -0.39 is 0 Å². The zero-order valence-corrected chi connectivity index (χ0v) is 13.9. The molecule has 1 heterocycles. The molecule has 1 aromatic carbocycles. The average molecular weight is 288 g/mol. The zero-order valence-electron chi connectivity index (χ0n) is 13.9. The monoisotopic (exact) mass is 288 g/mol. The number of nitrogens with zero attached hydrogens (tertiary/aromatic N) is 1. The lowest BCUT2D eigenvalue weighted by Gasteiger charge is -2.34. The summed E-state index contributed by atoms with van der Waals surface area (Å²) in [7, 11) is 0. The number of nitrogens with one attached hydrogen (secondary N) is 1. The second-order valence-corrected chi connectivity index (χ2v) is 6.81. The third-order valence-corrected chi connectivity index (χ3v) is 4.47. The predicted octanol–water partition coefficient (Wildman–Crippen LogP) is 4.24. The summed E-state index contributed by atoms with van der Waals surface area (Å²) in [5, 5.41) is 3.65. The van der Waals surface area contributed by atoms with Gasteiger partial charge in [0.05, 0.1) is 0 Å². The third-order valence-electron chi connectivity index (χ3n) is 4.47. The Labute approximate surface area is 130 Å². The minimum Gasteiger partial charge on any atom is -0.308 e. The summed E-state index contributed by atoms with van der Waals surface area (Å²) in [5.41, 5.74) is 1.43. The van der Waals surface area contributed by atoms with Crippen LogP contribution < -0.4 is 5.32 Å². The summed E-state index contributed by atoms with van der Waals surface area (Å²) in [4.78, 5) is 2.64. The Morgan fingerprint density at radius 2 is 1.86 bits per heavy atom. The van der Waals surface area contributed by atoms with E-state index in [-0.39, 0.29) is 0 Å². The third kappa shape index (κ3) is 6.19. The smallest absolute Gasteiger partial charge is 0.0449 e. The fourth-order valence-electron chi connectivity index (χ4n) is 3.16. The Morgan fingerprint density at radius 1 is 1.10 bits per heavy atom. The van der Waals surface area contributed by atoms with Crippen molar-refractivity contribution in [3.05, 3.63) is 35.9 Å². The van der Waals surface area contributed by atoms with Crippen molar-refractivity contribution in [2.24, 2.45) is 5.92 Å². The van der Waals surface area contributed by atoms with Crippen molar-refractivity contribution in [3.63, 3.8) is 0 Å². The van der Waals surface area contributed by atoms with Gasteiger partial charge in [-0.2, -0.15) is 0 Å². The molecule has 0 amide bonds. The number of hydrogen-bond acceptors (Lipinski definition) is 2. The zero-order chi connectivity index (χ0) is 14.9. The summed E-state index contributed by atoms with van der Waals surface area (Å²) < 4.78 is 0. The highest BCUT2D eigenvalue weighted by Crippen LogP contribution is 2.17. The van der Waals surface area contributed by atoms with Crippen LogP contribution in [0.3, 0.4) is 0 Å². The van der Waals surface area contributed by atoms with Gasteiger partial charge in [0.1, 0.15) is 0 Å². The van der Waals surface area contributed by atoms with E-state index in [9.17, 15) is 0 Å². The molecule has 118 valence electrons. The lowest BCUT2D eigenvalue weighted by molar-refractivity contribution is 0.197. The van der Waals surface area contributed by atoms with Crippen LogP contribution in [0.25, 0.3) is 0 Å². The summed E-state index contributed by atoms with van der Waals surface area (Å²) in [6.07, 6.45) is 6.97. The summed E-state index contributed by atoms with van der Waals surface area (Å²) in [6, 6.07) is 11.4. The van der Waals surface area contributed by atoms with Gasteiger partial charge in [0.15, 0.2) is 0 Å². The van der Waals surface area contributed by atoms with Gasteiger partial charge in [0, 0.05) is 25.7 Å². The molecule has 0 radical (unpaired) electrons. The van der Waals surface area contributed by atoms with Crippen molar-refractivity contribution < 1.29 is 0 Å². The molecule has 2 heteroatoms. The number of piperazine rings is 1. The highest BCUT2D eigenvalue weighted by Gasteiger charge is 2.19. The molecule has 0 aromatic heterocycles. The molecule has 1 aliphatic rings. The van der Waals surface area contributed by atoms with Crippen LogP contribution in [0.5, 0.6) is 0 Å². The van der Waals surface area contributed by atoms with Crippen molar-refractivity contribution in [3.8, 4) is 0 Å². The molecule has 0 spiro atoms. The largest absolute Gasteiger partial charge is 0.308 e. The van der Waals surface area contributed by atoms with E-state index in [2.05, 4.69) is 54.4 Å². The normalized spacial score (nSPS) is 20.0. The summed E-state index contributed by atoms with van der Waals surface area (Å²) in [5.74, 6) is 0.866. The van der Waals surface area contributed by atoms with Gasteiger partial charge in [0.2, 0.25) is 0 Å². The number of unbranched alkanes of at least 4 members (excludes halogenated alkanes) is 3. The Hall–Kier alpha value is -0.860. The van der Waals surface area contributed by atoms with Crippen molar-refractivity contribution >= 4 is 0 Å². The van der Waals surface area contributed by atoms with Gasteiger partial charge in [-0.05, 0) is 24.4 Å². The lowest BCUT2D eigenvalue weighted by Crippen LogP contribution is -2.45. The molecule has 1 N–H and O–H groups in total. The molecule has 0 aliphatic carbocycles. The molecule has 21 heavy (non-hydrogen) atoms. The molecule has 1 fully saturated rings. The topological polar surface area (TPSA) is 15.3 Å². The minimum absolute atomic E-state index is 0.515. The van der Waals surface area contributed by atoms with Crippen LogP contribution in [0.1, 0.15) is 57.6 Å². The molecule has 1 unspecified atom stereocenters. The molecule has 1 aliphatic heterocycles. The van der Waals surface area contributed by atoms with Crippen molar-refractivity contribution in [2.75, 3.05) is 26.2 Å². The lowest BCUT2D eigenvalue weighted by atomic mass is 10.0. The Balaban J connectivity index is 1.63. The van der Waals surface area contributed by atoms with Crippen LogP contribution >= 0.6 is 0 Å². The fourth-order valence-corrected chi connectivity index (χ4v) is 3.16. The van der Waals surface area contributed by atoms with Crippen LogP contribution in [0, 0.1) is 5.92 Å². The van der Waals surface area contributed by atoms with E-state index in [1.165, 1.54) is 50.8 Å². The van der Waals surface area contributed by atoms with E-state index in [4.69, 9.17) is 0 Å². The highest BCUT2D eigenvalue weighted by atomic mass is 15.2. The van der Waals surface area contributed by atoms with Crippen molar-refractivity contribution in [1.82, 2.24) is 10.2 Å². The molecular weight excluding hydrogens is 256 g/mol. The first-order chi connectivity index (χ1) is 10.3. The Morgan fingerprint density at radius 3 is 2.62 bits per heavy atom. The number of hydrogen-bond donors (Lipinski definition) is 1. The maximum Gasteiger partial charge on any atom is 0.0449 e. The summed E-state index contributed by atoms with van der Waals surface area (Å²) >= 11 is 0. The first-order valence-corrected chi connectivity index (χ1v) is 8.76. The van der Waals surface area contributed by atoms with Crippen LogP contribution in [0.2, 0.25) is 0 Å². The fraction of sp³-hybridized carbons (Fsp3) is 0.684. The second-order valence-electron chi connectivity index (χ2n) is 6.81. The number of rotatable bonds is 8. The van der Waals surface area contributed by atoms with E-state index >= 15 is 0 Å². The van der Waals surface area contributed by atoms with Crippen LogP contribution in [-0.2, 0) is 0 Å². The van der Waals surface area contributed by atoms with Gasteiger partial charge in [-0.1, -0.05) is 69.9 Å². The molecular formula is C19H32N2. The standard InChI is InChI=1S/C19H32N2/c1-17(2)10-6-3-4-9-14-21-15-13-20-19(16-21)18-11-7-5-8-12-18/h5,7-8,11-12,17,19-20H,3-4,6,9-10,13-16H2,1-2H3.